The lowest BCUT2D eigenvalue weighted by Gasteiger charge is -2.23. The van der Waals surface area contributed by atoms with E-state index < -0.39 is 0 Å². The summed E-state index contributed by atoms with van der Waals surface area (Å²) in [7, 11) is 1.65. The second-order valence-electron chi connectivity index (χ2n) is 6.05. The predicted molar refractivity (Wildman–Crippen MR) is 91.2 cm³/mol. The van der Waals surface area contributed by atoms with Crippen molar-refractivity contribution in [1.29, 1.82) is 0 Å². The highest BCUT2D eigenvalue weighted by Crippen LogP contribution is 2.27. The monoisotopic (exact) mass is 326 g/mol. The fourth-order valence-corrected chi connectivity index (χ4v) is 2.85. The molecule has 0 aliphatic heterocycles. The van der Waals surface area contributed by atoms with Crippen molar-refractivity contribution in [3.05, 3.63) is 76.0 Å². The van der Waals surface area contributed by atoms with Crippen molar-refractivity contribution in [3.63, 3.8) is 0 Å². The van der Waals surface area contributed by atoms with Gasteiger partial charge in [-0.1, -0.05) is 18.2 Å². The normalized spacial score (nSPS) is 17.2. The van der Waals surface area contributed by atoms with Gasteiger partial charge in [0.2, 0.25) is 0 Å². The number of benzene rings is 1. The van der Waals surface area contributed by atoms with Crippen molar-refractivity contribution >= 4 is 11.5 Å². The third kappa shape index (κ3) is 3.62. The Bertz CT molecular complexity index is 837. The zero-order valence-electron chi connectivity index (χ0n) is 13.5. The number of aryl methyl sites for hydroxylation is 1. The summed E-state index contributed by atoms with van der Waals surface area (Å²) in [4.78, 5) is 23.9. The Morgan fingerprint density at radius 3 is 2.62 bits per heavy atom. The number of nitrogens with one attached hydrogen (secondary N) is 1. The number of hydrogen-bond donors (Lipinski definition) is 1. The first-order valence-electron chi connectivity index (χ1n) is 7.95. The average Bonchev–Trinajstić information content (AvgIpc) is 2.59. The molecule has 0 spiro atoms. The van der Waals surface area contributed by atoms with E-state index in [1.165, 1.54) is 28.3 Å². The van der Waals surface area contributed by atoms with Crippen LogP contribution in [0.15, 0.2) is 53.5 Å². The van der Waals surface area contributed by atoms with Crippen LogP contribution in [0.1, 0.15) is 35.2 Å². The Morgan fingerprint density at radius 2 is 2.00 bits per heavy atom. The lowest BCUT2D eigenvalue weighted by atomic mass is 9.90. The smallest absolute Gasteiger partial charge is 0.251 e. The van der Waals surface area contributed by atoms with E-state index in [0.717, 1.165) is 24.8 Å². The molecular weight excluding hydrogens is 307 g/mol. The number of pyridine rings is 1. The van der Waals surface area contributed by atoms with Crippen LogP contribution in [0, 0.1) is 5.82 Å². The van der Waals surface area contributed by atoms with E-state index >= 15 is 0 Å². The van der Waals surface area contributed by atoms with Gasteiger partial charge in [-0.25, -0.2) is 4.39 Å². The maximum Gasteiger partial charge on any atom is 0.251 e. The van der Waals surface area contributed by atoms with Gasteiger partial charge in [-0.3, -0.25) is 9.59 Å². The Morgan fingerprint density at radius 1 is 1.25 bits per heavy atom. The summed E-state index contributed by atoms with van der Waals surface area (Å²) in [6, 6.07) is 9.50. The minimum absolute atomic E-state index is 0.0470. The lowest BCUT2D eigenvalue weighted by molar-refractivity contribution is 0.0934. The quantitative estimate of drug-likeness (QED) is 0.943. The molecule has 24 heavy (non-hydrogen) atoms. The molecule has 4 nitrogen and oxygen atoms in total. The molecule has 1 aromatic heterocycles. The first-order chi connectivity index (χ1) is 11.5. The maximum atomic E-state index is 13.0. The molecule has 0 radical (unpaired) electrons. The number of aromatic nitrogens is 1. The molecule has 0 saturated carbocycles. The van der Waals surface area contributed by atoms with Crippen LogP contribution in [-0.4, -0.2) is 16.5 Å². The number of amides is 1. The second kappa shape index (κ2) is 6.83. The summed E-state index contributed by atoms with van der Waals surface area (Å²) in [6.07, 6.45) is 6.05. The fourth-order valence-electron chi connectivity index (χ4n) is 2.85. The van der Waals surface area contributed by atoms with Gasteiger partial charge in [0.05, 0.1) is 0 Å². The Hall–Kier alpha value is -2.69. The predicted octanol–water partition coefficient (Wildman–Crippen LogP) is 2.89. The molecule has 5 heteroatoms. The number of halogens is 1. The van der Waals surface area contributed by atoms with Crippen LogP contribution in [0.2, 0.25) is 0 Å². The third-order valence-electron chi connectivity index (χ3n) is 4.33. The van der Waals surface area contributed by atoms with Crippen LogP contribution < -0.4 is 10.9 Å². The molecule has 124 valence electrons. The van der Waals surface area contributed by atoms with Crippen molar-refractivity contribution in [2.75, 3.05) is 0 Å². The van der Waals surface area contributed by atoms with Crippen molar-refractivity contribution in [2.45, 2.75) is 25.3 Å². The summed E-state index contributed by atoms with van der Waals surface area (Å²) in [5.41, 5.74) is 2.37. The summed E-state index contributed by atoms with van der Waals surface area (Å²) in [6.45, 7) is 0. The molecule has 1 aliphatic carbocycles. The molecule has 1 atom stereocenters. The third-order valence-corrected chi connectivity index (χ3v) is 4.33. The maximum absolute atomic E-state index is 13.0. The molecule has 1 heterocycles. The van der Waals surface area contributed by atoms with Crippen LogP contribution in [0.5, 0.6) is 0 Å². The minimum Gasteiger partial charge on any atom is -0.349 e. The van der Waals surface area contributed by atoms with Crippen molar-refractivity contribution in [2.24, 2.45) is 7.05 Å². The summed E-state index contributed by atoms with van der Waals surface area (Å²) < 4.78 is 14.4. The summed E-state index contributed by atoms with van der Waals surface area (Å²) >= 11 is 0. The number of nitrogens with zero attached hydrogens (tertiary/aromatic N) is 1. The van der Waals surface area contributed by atoms with Crippen LogP contribution in [0.25, 0.3) is 5.57 Å². The van der Waals surface area contributed by atoms with Gasteiger partial charge in [0, 0.05) is 30.9 Å². The van der Waals surface area contributed by atoms with Crippen LogP contribution in [0.4, 0.5) is 4.39 Å². The van der Waals surface area contributed by atoms with Gasteiger partial charge in [-0.05, 0) is 48.6 Å². The lowest BCUT2D eigenvalue weighted by Crippen LogP contribution is -2.36. The zero-order chi connectivity index (χ0) is 17.1. The van der Waals surface area contributed by atoms with E-state index in [4.69, 9.17) is 0 Å². The van der Waals surface area contributed by atoms with E-state index in [9.17, 15) is 14.0 Å². The highest BCUT2D eigenvalue weighted by molar-refractivity contribution is 5.94. The van der Waals surface area contributed by atoms with E-state index in [0.29, 0.717) is 5.56 Å². The minimum atomic E-state index is -0.241. The van der Waals surface area contributed by atoms with Gasteiger partial charge in [0.15, 0.2) is 0 Å². The standard InChI is InChI=1S/C19H19FN2O2/c1-22-11-10-15(12-18(22)23)19(24)21-17-8-4-14(5-9-17)13-2-6-16(20)7-3-13/h2-4,6-7,10-12,17H,5,8-9H2,1H3,(H,21,24). The largest absolute Gasteiger partial charge is 0.349 e. The average molecular weight is 326 g/mol. The SMILES string of the molecule is Cn1ccc(C(=O)NC2CC=C(c3ccc(F)cc3)CC2)cc1=O. The van der Waals surface area contributed by atoms with Gasteiger partial charge in [0.1, 0.15) is 5.82 Å². The molecule has 3 rings (SSSR count). The first kappa shape index (κ1) is 16.2. The molecule has 1 unspecified atom stereocenters. The van der Waals surface area contributed by atoms with E-state index in [-0.39, 0.29) is 23.3 Å². The Balaban J connectivity index is 1.64. The molecule has 2 aromatic rings. The molecule has 1 amide bonds. The number of hydrogen-bond acceptors (Lipinski definition) is 2. The van der Waals surface area contributed by atoms with Crippen molar-refractivity contribution < 1.29 is 9.18 Å². The van der Waals surface area contributed by atoms with Gasteiger partial charge < -0.3 is 9.88 Å². The molecule has 1 aromatic carbocycles. The molecule has 0 bridgehead atoms. The summed E-state index contributed by atoms with van der Waals surface area (Å²) in [5.74, 6) is -0.467. The van der Waals surface area contributed by atoms with E-state index in [2.05, 4.69) is 11.4 Å². The highest BCUT2D eigenvalue weighted by atomic mass is 19.1. The molecule has 1 N–H and O–H groups in total. The van der Waals surface area contributed by atoms with E-state index in [1.54, 1.807) is 31.4 Å². The van der Waals surface area contributed by atoms with Gasteiger partial charge >= 0.3 is 0 Å². The molecular formula is C19H19FN2O2. The van der Waals surface area contributed by atoms with Crippen LogP contribution in [0.3, 0.4) is 0 Å². The van der Waals surface area contributed by atoms with Crippen molar-refractivity contribution in [3.8, 4) is 0 Å². The topological polar surface area (TPSA) is 51.1 Å². The summed E-state index contributed by atoms with van der Waals surface area (Å²) in [5, 5.41) is 2.97. The highest BCUT2D eigenvalue weighted by Gasteiger charge is 2.18. The van der Waals surface area contributed by atoms with Crippen LogP contribution >= 0.6 is 0 Å². The molecule has 0 saturated heterocycles. The van der Waals surface area contributed by atoms with Gasteiger partial charge in [-0.15, -0.1) is 0 Å². The first-order valence-corrected chi connectivity index (χ1v) is 7.95. The fraction of sp³-hybridized carbons (Fsp3) is 0.263. The van der Waals surface area contributed by atoms with Gasteiger partial charge in [-0.2, -0.15) is 0 Å². The Labute approximate surface area is 139 Å². The van der Waals surface area contributed by atoms with E-state index in [1.807, 2.05) is 0 Å². The van der Waals surface area contributed by atoms with Gasteiger partial charge in [0.25, 0.3) is 11.5 Å². The number of carbonyl (C=O) groups excluding carboxylic acids is 1. The zero-order valence-corrected chi connectivity index (χ0v) is 13.5. The number of rotatable bonds is 3. The Kier molecular flexibility index (Phi) is 4.60. The molecule has 0 fully saturated rings. The van der Waals surface area contributed by atoms with Crippen molar-refractivity contribution in [1.82, 2.24) is 9.88 Å². The van der Waals surface area contributed by atoms with Crippen LogP contribution in [-0.2, 0) is 7.05 Å². The number of carbonyl (C=O) groups is 1. The second-order valence-corrected chi connectivity index (χ2v) is 6.05. The molecule has 1 aliphatic rings. The number of allylic oxidation sites excluding steroid dienone is 1.